The van der Waals surface area contributed by atoms with Crippen LogP contribution in [0, 0.1) is 0 Å². The number of carbonyl (C=O) groups excluding carboxylic acids is 2. The number of likely N-dealkylation sites (N-methyl/N-ethyl adjacent to an activating group) is 1. The van der Waals surface area contributed by atoms with Crippen molar-refractivity contribution in [2.24, 2.45) is 0 Å². The van der Waals surface area contributed by atoms with Gasteiger partial charge in [0, 0.05) is 43.0 Å². The van der Waals surface area contributed by atoms with E-state index in [-0.39, 0.29) is 11.7 Å². The van der Waals surface area contributed by atoms with E-state index in [1.54, 1.807) is 20.1 Å². The van der Waals surface area contributed by atoms with Gasteiger partial charge in [-0.05, 0) is 68.2 Å². The van der Waals surface area contributed by atoms with Crippen LogP contribution in [0.25, 0.3) is 6.08 Å². The largest absolute Gasteiger partial charge is 0.496 e. The van der Waals surface area contributed by atoms with Crippen LogP contribution in [0.15, 0.2) is 83.8 Å². The highest BCUT2D eigenvalue weighted by atomic mass is 16.5. The lowest BCUT2D eigenvalue weighted by Gasteiger charge is -2.21. The summed E-state index contributed by atoms with van der Waals surface area (Å²) in [6.45, 7) is 6.50. The number of ketones is 1. The van der Waals surface area contributed by atoms with Gasteiger partial charge < -0.3 is 15.0 Å². The summed E-state index contributed by atoms with van der Waals surface area (Å²) in [6, 6.07) is 5.55. The third-order valence-corrected chi connectivity index (χ3v) is 5.30. The zero-order valence-electron chi connectivity index (χ0n) is 20.9. The molecule has 5 nitrogen and oxygen atoms in total. The molecule has 2 rings (SSSR count). The number of nitrogens with zero attached hydrogens (tertiary/aromatic N) is 1. The Kier molecular flexibility index (Phi) is 10.8. The van der Waals surface area contributed by atoms with Gasteiger partial charge in [0.1, 0.15) is 11.5 Å². The molecule has 1 amide bonds. The van der Waals surface area contributed by atoms with Crippen molar-refractivity contribution >= 4 is 17.8 Å². The molecule has 0 unspecified atom stereocenters. The van der Waals surface area contributed by atoms with Crippen LogP contribution in [-0.4, -0.2) is 37.3 Å². The van der Waals surface area contributed by atoms with Crippen LogP contribution in [0.1, 0.15) is 44.7 Å². The maximum absolute atomic E-state index is 12.6. The summed E-state index contributed by atoms with van der Waals surface area (Å²) in [7, 11) is 3.63. The number of amides is 1. The van der Waals surface area contributed by atoms with E-state index >= 15 is 0 Å². The molecule has 0 bridgehead atoms. The second kappa shape index (κ2) is 13.8. The fraction of sp³-hybridized carbons (Fsp3) is 0.310. The van der Waals surface area contributed by atoms with Gasteiger partial charge in [0.25, 0.3) is 0 Å². The average Bonchev–Trinajstić information content (AvgIpc) is 3.05. The van der Waals surface area contributed by atoms with Gasteiger partial charge in [-0.15, -0.1) is 0 Å². The topological polar surface area (TPSA) is 58.6 Å². The third kappa shape index (κ3) is 8.74. The fourth-order valence-corrected chi connectivity index (χ4v) is 3.51. The Bertz CT molecular complexity index is 1060. The first kappa shape index (κ1) is 26.7. The SMILES string of the molecule is C/C=C(\C=C/CC)CN(C)C1=CC(NC(=O)/C=C/c2ccc(OC)c(CC(C)=O)c2)=CCC=C1. The van der Waals surface area contributed by atoms with Gasteiger partial charge >= 0.3 is 0 Å². The standard InChI is InChI=1S/C29H36N2O3/c1-6-8-11-23(7-2)21-31(4)27-13-10-9-12-26(20-27)30-29(33)17-15-24-14-16-28(34-5)25(19-24)18-22(3)32/h7-8,10-17,19-20H,6,9,18,21H2,1-5H3,(H,30,33)/b11-8-,17-15+,23-7+. The molecule has 0 aliphatic heterocycles. The Balaban J connectivity index is 2.08. The Morgan fingerprint density at radius 1 is 1.24 bits per heavy atom. The molecule has 5 heteroatoms. The van der Waals surface area contributed by atoms with Crippen molar-refractivity contribution in [3.8, 4) is 5.75 Å². The number of rotatable bonds is 11. The maximum atomic E-state index is 12.6. The van der Waals surface area contributed by atoms with Gasteiger partial charge in [-0.3, -0.25) is 9.59 Å². The molecule has 0 heterocycles. The lowest BCUT2D eigenvalue weighted by Crippen LogP contribution is -2.22. The van der Waals surface area contributed by atoms with E-state index in [0.29, 0.717) is 12.2 Å². The van der Waals surface area contributed by atoms with Crippen LogP contribution < -0.4 is 10.1 Å². The Morgan fingerprint density at radius 3 is 2.71 bits per heavy atom. The molecule has 1 aromatic rings. The number of Topliss-reactive ketones (excluding diaryl/α,β-unsaturated/α-hetero) is 1. The number of hydrogen-bond donors (Lipinski definition) is 1. The quantitative estimate of drug-likeness (QED) is 0.349. The molecular weight excluding hydrogens is 424 g/mol. The van der Waals surface area contributed by atoms with E-state index < -0.39 is 0 Å². The molecule has 0 spiro atoms. The van der Waals surface area contributed by atoms with E-state index in [1.807, 2.05) is 44.3 Å². The van der Waals surface area contributed by atoms with Crippen molar-refractivity contribution in [1.29, 1.82) is 0 Å². The van der Waals surface area contributed by atoms with E-state index in [1.165, 1.54) is 11.6 Å². The minimum absolute atomic E-state index is 0.0570. The maximum Gasteiger partial charge on any atom is 0.248 e. The van der Waals surface area contributed by atoms with Gasteiger partial charge in [-0.25, -0.2) is 0 Å². The summed E-state index contributed by atoms with van der Waals surface area (Å²) in [5.74, 6) is 0.512. The first-order chi connectivity index (χ1) is 16.4. The summed E-state index contributed by atoms with van der Waals surface area (Å²) in [6.07, 6.45) is 19.9. The van der Waals surface area contributed by atoms with Gasteiger partial charge in [-0.1, -0.05) is 43.4 Å². The van der Waals surface area contributed by atoms with Crippen LogP contribution in [0.5, 0.6) is 5.75 Å². The summed E-state index contributed by atoms with van der Waals surface area (Å²) >= 11 is 0. The summed E-state index contributed by atoms with van der Waals surface area (Å²) < 4.78 is 5.33. The molecule has 1 N–H and O–H groups in total. The van der Waals surface area contributed by atoms with E-state index in [2.05, 4.69) is 47.5 Å². The van der Waals surface area contributed by atoms with Gasteiger partial charge in [0.2, 0.25) is 5.91 Å². The van der Waals surface area contributed by atoms with Crippen molar-refractivity contribution in [3.63, 3.8) is 0 Å². The number of carbonyl (C=O) groups is 2. The average molecular weight is 461 g/mol. The normalized spacial score (nSPS) is 14.1. The molecule has 1 aliphatic rings. The van der Waals surface area contributed by atoms with E-state index in [9.17, 15) is 9.59 Å². The highest BCUT2D eigenvalue weighted by molar-refractivity contribution is 5.93. The Hall–Kier alpha value is -3.60. The minimum atomic E-state index is -0.213. The smallest absolute Gasteiger partial charge is 0.248 e. The molecule has 1 aliphatic carbocycles. The first-order valence-electron chi connectivity index (χ1n) is 11.6. The molecule has 0 saturated heterocycles. The molecule has 1 aromatic carbocycles. The van der Waals surface area contributed by atoms with Crippen LogP contribution >= 0.6 is 0 Å². The van der Waals surface area contributed by atoms with Crippen LogP contribution in [0.3, 0.4) is 0 Å². The van der Waals surface area contributed by atoms with Crippen molar-refractivity contribution in [2.45, 2.75) is 40.0 Å². The molecule has 0 radical (unpaired) electrons. The highest BCUT2D eigenvalue weighted by Crippen LogP contribution is 2.21. The molecule has 180 valence electrons. The molecule has 34 heavy (non-hydrogen) atoms. The van der Waals surface area contributed by atoms with Gasteiger partial charge in [0.05, 0.1) is 7.11 Å². The molecule has 0 fully saturated rings. The highest BCUT2D eigenvalue weighted by Gasteiger charge is 2.09. The summed E-state index contributed by atoms with van der Waals surface area (Å²) in [5, 5.41) is 2.97. The third-order valence-electron chi connectivity index (χ3n) is 5.30. The summed E-state index contributed by atoms with van der Waals surface area (Å²) in [5.41, 5.74) is 4.67. The zero-order valence-corrected chi connectivity index (χ0v) is 20.9. The lowest BCUT2D eigenvalue weighted by molar-refractivity contribution is -0.117. The van der Waals surface area contributed by atoms with E-state index in [4.69, 9.17) is 4.74 Å². The molecular formula is C29H36N2O3. The predicted molar refractivity (Wildman–Crippen MR) is 140 cm³/mol. The van der Waals surface area contributed by atoms with Crippen molar-refractivity contribution < 1.29 is 14.3 Å². The van der Waals surface area contributed by atoms with Crippen molar-refractivity contribution in [3.05, 3.63) is 94.9 Å². The number of ether oxygens (including phenoxy) is 1. The fourth-order valence-electron chi connectivity index (χ4n) is 3.51. The predicted octanol–water partition coefficient (Wildman–Crippen LogP) is 5.53. The Labute approximate surface area is 203 Å². The lowest BCUT2D eigenvalue weighted by atomic mass is 10.0. The van der Waals surface area contributed by atoms with Crippen molar-refractivity contribution in [1.82, 2.24) is 10.2 Å². The Morgan fingerprint density at radius 2 is 2.03 bits per heavy atom. The zero-order chi connectivity index (χ0) is 24.9. The summed E-state index contributed by atoms with van der Waals surface area (Å²) in [4.78, 5) is 26.3. The van der Waals surface area contributed by atoms with Gasteiger partial charge in [0.15, 0.2) is 0 Å². The molecule has 0 aromatic heterocycles. The van der Waals surface area contributed by atoms with Crippen LogP contribution in [0.4, 0.5) is 0 Å². The minimum Gasteiger partial charge on any atom is -0.496 e. The van der Waals surface area contributed by atoms with Gasteiger partial charge in [-0.2, -0.15) is 0 Å². The second-order valence-electron chi connectivity index (χ2n) is 8.17. The monoisotopic (exact) mass is 460 g/mol. The number of benzene rings is 1. The molecule has 0 saturated carbocycles. The van der Waals surface area contributed by atoms with Crippen LogP contribution in [0.2, 0.25) is 0 Å². The first-order valence-corrected chi connectivity index (χ1v) is 11.6. The number of hydrogen-bond acceptors (Lipinski definition) is 4. The van der Waals surface area contributed by atoms with E-state index in [0.717, 1.165) is 41.9 Å². The number of allylic oxidation sites excluding steroid dienone is 6. The number of nitrogens with one attached hydrogen (secondary N) is 1. The van der Waals surface area contributed by atoms with Crippen molar-refractivity contribution in [2.75, 3.05) is 20.7 Å². The molecule has 0 atom stereocenters. The second-order valence-corrected chi connectivity index (χ2v) is 8.17. The van der Waals surface area contributed by atoms with Crippen LogP contribution in [-0.2, 0) is 16.0 Å². The number of methoxy groups -OCH3 is 1.